The maximum Gasteiger partial charge on any atom is 0.305 e. The largest absolute Gasteiger partial charge is 0.481 e. The monoisotopic (exact) mass is 352 g/mol. The van der Waals surface area contributed by atoms with E-state index in [9.17, 15) is 14.7 Å². The predicted octanol–water partition coefficient (Wildman–Crippen LogP) is 2.88. The van der Waals surface area contributed by atoms with Gasteiger partial charge in [-0.2, -0.15) is 0 Å². The van der Waals surface area contributed by atoms with Crippen molar-refractivity contribution in [2.45, 2.75) is 32.0 Å². The lowest BCUT2D eigenvalue weighted by Crippen LogP contribution is -2.59. The SMILES string of the molecule is C[C@H]1CN(Cc2ccccc2)C[C@@H](CC(=O)O)N1C(=O)c1ccccc1. The fraction of sp³-hybridized carbons (Fsp3) is 0.333. The molecule has 0 aromatic heterocycles. The Morgan fingerprint density at radius 3 is 2.23 bits per heavy atom. The highest BCUT2D eigenvalue weighted by Crippen LogP contribution is 2.23. The topological polar surface area (TPSA) is 60.9 Å². The Morgan fingerprint density at radius 2 is 1.62 bits per heavy atom. The molecule has 1 aliphatic rings. The zero-order valence-electron chi connectivity index (χ0n) is 14.9. The van der Waals surface area contributed by atoms with E-state index in [0.717, 1.165) is 13.1 Å². The summed E-state index contributed by atoms with van der Waals surface area (Å²) in [4.78, 5) is 28.4. The van der Waals surface area contributed by atoms with Crippen molar-refractivity contribution in [2.24, 2.45) is 0 Å². The molecule has 2 aromatic rings. The summed E-state index contributed by atoms with van der Waals surface area (Å²) in [5, 5.41) is 9.34. The van der Waals surface area contributed by atoms with E-state index in [0.29, 0.717) is 12.1 Å². The van der Waals surface area contributed by atoms with E-state index < -0.39 is 5.97 Å². The van der Waals surface area contributed by atoms with E-state index >= 15 is 0 Å². The molecule has 5 heteroatoms. The van der Waals surface area contributed by atoms with Crippen molar-refractivity contribution in [2.75, 3.05) is 13.1 Å². The van der Waals surface area contributed by atoms with Crippen LogP contribution in [0.1, 0.15) is 29.3 Å². The predicted molar refractivity (Wildman–Crippen MR) is 99.8 cm³/mol. The lowest BCUT2D eigenvalue weighted by molar-refractivity contribution is -0.139. The van der Waals surface area contributed by atoms with Gasteiger partial charge in [0.05, 0.1) is 12.5 Å². The van der Waals surface area contributed by atoms with E-state index in [1.54, 1.807) is 17.0 Å². The lowest BCUT2D eigenvalue weighted by atomic mass is 10.0. The van der Waals surface area contributed by atoms with Gasteiger partial charge in [-0.05, 0) is 24.6 Å². The Bertz CT molecular complexity index is 748. The lowest BCUT2D eigenvalue weighted by Gasteiger charge is -2.45. The first-order valence-corrected chi connectivity index (χ1v) is 8.90. The van der Waals surface area contributed by atoms with Crippen molar-refractivity contribution in [3.63, 3.8) is 0 Å². The third-order valence-electron chi connectivity index (χ3n) is 4.77. The molecule has 26 heavy (non-hydrogen) atoms. The molecule has 1 amide bonds. The fourth-order valence-corrected chi connectivity index (χ4v) is 3.71. The zero-order chi connectivity index (χ0) is 18.5. The Labute approximate surface area is 153 Å². The molecule has 0 aliphatic carbocycles. The van der Waals surface area contributed by atoms with Crippen molar-refractivity contribution in [1.82, 2.24) is 9.80 Å². The minimum Gasteiger partial charge on any atom is -0.481 e. The van der Waals surface area contributed by atoms with Gasteiger partial charge in [0.1, 0.15) is 0 Å². The normalized spacial score (nSPS) is 20.7. The van der Waals surface area contributed by atoms with Crippen molar-refractivity contribution in [1.29, 1.82) is 0 Å². The minimum atomic E-state index is -0.880. The molecule has 2 aromatic carbocycles. The third kappa shape index (κ3) is 4.29. The Balaban J connectivity index is 1.79. The number of carboxylic acid groups (broad SMARTS) is 1. The van der Waals surface area contributed by atoms with Crippen LogP contribution in [-0.4, -0.2) is 52.0 Å². The summed E-state index contributed by atoms with van der Waals surface area (Å²) >= 11 is 0. The van der Waals surface area contributed by atoms with Crippen LogP contribution >= 0.6 is 0 Å². The smallest absolute Gasteiger partial charge is 0.305 e. The quantitative estimate of drug-likeness (QED) is 0.899. The standard InChI is InChI=1S/C21H24N2O3/c1-16-13-22(14-17-8-4-2-5-9-17)15-19(12-20(24)25)23(16)21(26)18-10-6-3-7-11-18/h2-11,16,19H,12-15H2,1H3,(H,24,25)/t16-,19+/m0/s1. The van der Waals surface area contributed by atoms with Crippen LogP contribution in [0.15, 0.2) is 60.7 Å². The second-order valence-electron chi connectivity index (χ2n) is 6.86. The fourth-order valence-electron chi connectivity index (χ4n) is 3.71. The van der Waals surface area contributed by atoms with Gasteiger partial charge in [0.25, 0.3) is 5.91 Å². The van der Waals surface area contributed by atoms with Gasteiger partial charge in [0, 0.05) is 31.2 Å². The van der Waals surface area contributed by atoms with Gasteiger partial charge in [-0.1, -0.05) is 48.5 Å². The number of rotatable bonds is 5. The molecule has 3 rings (SSSR count). The van der Waals surface area contributed by atoms with E-state index in [-0.39, 0.29) is 24.4 Å². The van der Waals surface area contributed by atoms with Crippen LogP contribution in [-0.2, 0) is 11.3 Å². The molecule has 2 atom stereocenters. The summed E-state index contributed by atoms with van der Waals surface area (Å²) in [6.45, 7) is 4.04. The first kappa shape index (κ1) is 18.1. The van der Waals surface area contributed by atoms with Crippen LogP contribution in [0.4, 0.5) is 0 Å². The third-order valence-corrected chi connectivity index (χ3v) is 4.77. The molecule has 1 fully saturated rings. The number of piperazine rings is 1. The average molecular weight is 352 g/mol. The molecule has 0 bridgehead atoms. The molecule has 0 saturated carbocycles. The molecule has 1 heterocycles. The summed E-state index contributed by atoms with van der Waals surface area (Å²) in [5.74, 6) is -0.974. The highest BCUT2D eigenvalue weighted by atomic mass is 16.4. The van der Waals surface area contributed by atoms with Crippen LogP contribution in [0, 0.1) is 0 Å². The number of aliphatic carboxylic acids is 1. The molecule has 0 radical (unpaired) electrons. The van der Waals surface area contributed by atoms with Crippen molar-refractivity contribution < 1.29 is 14.7 Å². The molecular formula is C21H24N2O3. The maximum absolute atomic E-state index is 13.0. The van der Waals surface area contributed by atoms with Crippen molar-refractivity contribution in [3.8, 4) is 0 Å². The summed E-state index contributed by atoms with van der Waals surface area (Å²) in [7, 11) is 0. The number of amides is 1. The Kier molecular flexibility index (Phi) is 5.68. The van der Waals surface area contributed by atoms with E-state index in [1.807, 2.05) is 43.3 Å². The number of carboxylic acids is 1. The summed E-state index contributed by atoms with van der Waals surface area (Å²) in [6.07, 6.45) is -0.0474. The van der Waals surface area contributed by atoms with Crippen LogP contribution in [0.25, 0.3) is 0 Å². The first-order chi connectivity index (χ1) is 12.5. The highest BCUT2D eigenvalue weighted by Gasteiger charge is 2.36. The maximum atomic E-state index is 13.0. The van der Waals surface area contributed by atoms with E-state index in [4.69, 9.17) is 0 Å². The highest BCUT2D eigenvalue weighted by molar-refractivity contribution is 5.95. The molecule has 1 saturated heterocycles. The molecule has 0 unspecified atom stereocenters. The summed E-state index contributed by atoms with van der Waals surface area (Å²) < 4.78 is 0. The van der Waals surface area contributed by atoms with Crippen LogP contribution in [0.5, 0.6) is 0 Å². The van der Waals surface area contributed by atoms with Gasteiger partial charge in [0.15, 0.2) is 0 Å². The molecule has 136 valence electrons. The average Bonchev–Trinajstić information content (AvgIpc) is 2.62. The molecule has 5 nitrogen and oxygen atoms in total. The summed E-state index contributed by atoms with van der Waals surface area (Å²) in [5.41, 5.74) is 1.79. The molecule has 1 aliphatic heterocycles. The van der Waals surface area contributed by atoms with Gasteiger partial charge in [-0.15, -0.1) is 0 Å². The molecular weight excluding hydrogens is 328 g/mol. The number of benzene rings is 2. The second-order valence-corrected chi connectivity index (χ2v) is 6.86. The van der Waals surface area contributed by atoms with Crippen LogP contribution in [0.3, 0.4) is 0 Å². The number of carbonyl (C=O) groups is 2. The minimum absolute atomic E-state index is 0.0474. The molecule has 1 N–H and O–H groups in total. The number of hydrogen-bond donors (Lipinski definition) is 1. The van der Waals surface area contributed by atoms with Gasteiger partial charge in [-0.25, -0.2) is 0 Å². The summed E-state index contributed by atoms with van der Waals surface area (Å²) in [6, 6.07) is 18.8. The first-order valence-electron chi connectivity index (χ1n) is 8.90. The Morgan fingerprint density at radius 1 is 1.00 bits per heavy atom. The van der Waals surface area contributed by atoms with Gasteiger partial charge in [-0.3, -0.25) is 14.5 Å². The van der Waals surface area contributed by atoms with Crippen LogP contribution < -0.4 is 0 Å². The number of nitrogens with zero attached hydrogens (tertiary/aromatic N) is 2. The van der Waals surface area contributed by atoms with Gasteiger partial charge >= 0.3 is 5.97 Å². The van der Waals surface area contributed by atoms with Crippen molar-refractivity contribution >= 4 is 11.9 Å². The Hall–Kier alpha value is -2.66. The van der Waals surface area contributed by atoms with Gasteiger partial charge in [0.2, 0.25) is 0 Å². The molecule has 0 spiro atoms. The zero-order valence-corrected chi connectivity index (χ0v) is 14.9. The van der Waals surface area contributed by atoms with Crippen molar-refractivity contribution in [3.05, 3.63) is 71.8 Å². The second kappa shape index (κ2) is 8.15. The number of hydrogen-bond acceptors (Lipinski definition) is 3. The number of carbonyl (C=O) groups excluding carboxylic acids is 1. The van der Waals surface area contributed by atoms with Gasteiger partial charge < -0.3 is 10.0 Å². The van der Waals surface area contributed by atoms with Crippen LogP contribution in [0.2, 0.25) is 0 Å². The van der Waals surface area contributed by atoms with E-state index in [2.05, 4.69) is 17.0 Å². The van der Waals surface area contributed by atoms with E-state index in [1.165, 1.54) is 5.56 Å².